The van der Waals surface area contributed by atoms with Crippen LogP contribution < -0.4 is 14.8 Å². The van der Waals surface area contributed by atoms with Crippen LogP contribution >= 0.6 is 0 Å². The van der Waals surface area contributed by atoms with Crippen LogP contribution in [0.4, 0.5) is 5.69 Å². The number of nitrogens with zero attached hydrogens (tertiary/aromatic N) is 4. The van der Waals surface area contributed by atoms with Gasteiger partial charge < -0.3 is 19.5 Å². The molecule has 3 aromatic rings. The first-order valence-electron chi connectivity index (χ1n) is 8.62. The van der Waals surface area contributed by atoms with Crippen LogP contribution in [0.25, 0.3) is 11.4 Å². The maximum atomic E-state index is 12.3. The molecule has 0 unspecified atom stereocenters. The van der Waals surface area contributed by atoms with Crippen molar-refractivity contribution in [2.75, 3.05) is 32.8 Å². The summed E-state index contributed by atoms with van der Waals surface area (Å²) in [6, 6.07) is 14.6. The van der Waals surface area contributed by atoms with Crippen LogP contribution in [0.5, 0.6) is 11.5 Å². The van der Waals surface area contributed by atoms with Gasteiger partial charge in [0.1, 0.15) is 13.2 Å². The standard InChI is InChI=1S/C19H21N5O4/c1-26-10-11-28-17-12-15(8-9-16(17)27-2)20-18(25)13-24-22-19(21-23-24)14-6-4-3-5-7-14/h3-9,12H,10-11,13H2,1-2H3,(H,20,25). The number of hydrogen-bond donors (Lipinski definition) is 1. The molecule has 9 nitrogen and oxygen atoms in total. The zero-order valence-corrected chi connectivity index (χ0v) is 15.7. The van der Waals surface area contributed by atoms with Gasteiger partial charge in [-0.2, -0.15) is 4.80 Å². The Labute approximate surface area is 162 Å². The number of rotatable bonds is 9. The van der Waals surface area contributed by atoms with Gasteiger partial charge in [-0.25, -0.2) is 0 Å². The van der Waals surface area contributed by atoms with Crippen molar-refractivity contribution in [3.63, 3.8) is 0 Å². The molecule has 1 heterocycles. The minimum absolute atomic E-state index is 0.0638. The highest BCUT2D eigenvalue weighted by Gasteiger charge is 2.11. The van der Waals surface area contributed by atoms with Gasteiger partial charge in [0, 0.05) is 24.4 Å². The number of aromatic nitrogens is 4. The highest BCUT2D eigenvalue weighted by Crippen LogP contribution is 2.30. The largest absolute Gasteiger partial charge is 0.493 e. The summed E-state index contributed by atoms with van der Waals surface area (Å²) in [7, 11) is 3.15. The van der Waals surface area contributed by atoms with Gasteiger partial charge in [-0.3, -0.25) is 4.79 Å². The Bertz CT molecular complexity index is 914. The van der Waals surface area contributed by atoms with Gasteiger partial charge in [0.2, 0.25) is 11.7 Å². The summed E-state index contributed by atoms with van der Waals surface area (Å²) in [5.74, 6) is 1.26. The lowest BCUT2D eigenvalue weighted by Gasteiger charge is -2.12. The zero-order chi connectivity index (χ0) is 19.8. The molecule has 1 amide bonds. The van der Waals surface area contributed by atoms with E-state index in [0.717, 1.165) is 5.56 Å². The maximum Gasteiger partial charge on any atom is 0.248 e. The van der Waals surface area contributed by atoms with Gasteiger partial charge in [0.15, 0.2) is 11.5 Å². The van der Waals surface area contributed by atoms with E-state index in [4.69, 9.17) is 14.2 Å². The maximum absolute atomic E-state index is 12.3. The van der Waals surface area contributed by atoms with Crippen LogP contribution in [0.15, 0.2) is 48.5 Å². The van der Waals surface area contributed by atoms with Crippen molar-refractivity contribution in [2.24, 2.45) is 0 Å². The first kappa shape index (κ1) is 19.3. The molecule has 146 valence electrons. The predicted octanol–water partition coefficient (Wildman–Crippen LogP) is 2.01. The molecule has 0 saturated carbocycles. The molecule has 3 rings (SSSR count). The Morgan fingerprint density at radius 1 is 1.07 bits per heavy atom. The molecular weight excluding hydrogens is 362 g/mol. The fourth-order valence-corrected chi connectivity index (χ4v) is 2.44. The van der Waals surface area contributed by atoms with E-state index in [9.17, 15) is 4.79 Å². The van der Waals surface area contributed by atoms with E-state index in [-0.39, 0.29) is 12.5 Å². The van der Waals surface area contributed by atoms with Gasteiger partial charge in [-0.1, -0.05) is 30.3 Å². The van der Waals surface area contributed by atoms with Crippen molar-refractivity contribution >= 4 is 11.6 Å². The second-order valence-corrected chi connectivity index (χ2v) is 5.76. The van der Waals surface area contributed by atoms with Crippen LogP contribution in [0.3, 0.4) is 0 Å². The second-order valence-electron chi connectivity index (χ2n) is 5.76. The van der Waals surface area contributed by atoms with Crippen molar-refractivity contribution < 1.29 is 19.0 Å². The number of carbonyl (C=O) groups excluding carboxylic acids is 1. The van der Waals surface area contributed by atoms with Crippen molar-refractivity contribution in [3.05, 3.63) is 48.5 Å². The summed E-state index contributed by atoms with van der Waals surface area (Å²) in [4.78, 5) is 13.6. The summed E-state index contributed by atoms with van der Waals surface area (Å²) < 4.78 is 15.9. The van der Waals surface area contributed by atoms with Crippen molar-refractivity contribution in [3.8, 4) is 22.9 Å². The molecule has 0 aliphatic rings. The number of ether oxygens (including phenoxy) is 3. The molecule has 9 heteroatoms. The van der Waals surface area contributed by atoms with E-state index in [1.165, 1.54) is 4.80 Å². The lowest BCUT2D eigenvalue weighted by atomic mass is 10.2. The molecule has 0 fully saturated rings. The Kier molecular flexibility index (Phi) is 6.53. The minimum Gasteiger partial charge on any atom is -0.493 e. The third kappa shape index (κ3) is 5.04. The van der Waals surface area contributed by atoms with Crippen LogP contribution in [0.1, 0.15) is 0 Å². The van der Waals surface area contributed by atoms with Crippen LogP contribution in [-0.4, -0.2) is 53.5 Å². The summed E-state index contributed by atoms with van der Waals surface area (Å²) in [5, 5.41) is 14.9. The van der Waals surface area contributed by atoms with Gasteiger partial charge in [0.25, 0.3) is 0 Å². The summed E-state index contributed by atoms with van der Waals surface area (Å²) in [5.41, 5.74) is 1.41. The molecule has 28 heavy (non-hydrogen) atoms. The summed E-state index contributed by atoms with van der Waals surface area (Å²) in [6.07, 6.45) is 0. The van der Waals surface area contributed by atoms with Crippen LogP contribution in [0, 0.1) is 0 Å². The second kappa shape index (κ2) is 9.47. The predicted molar refractivity (Wildman–Crippen MR) is 102 cm³/mol. The quantitative estimate of drug-likeness (QED) is 0.564. The molecule has 0 atom stereocenters. The Balaban J connectivity index is 1.63. The molecule has 2 aromatic carbocycles. The molecule has 0 saturated heterocycles. The Hall–Kier alpha value is -3.46. The van der Waals surface area contributed by atoms with Gasteiger partial charge in [0.05, 0.1) is 13.7 Å². The number of anilines is 1. The van der Waals surface area contributed by atoms with Crippen molar-refractivity contribution in [1.82, 2.24) is 20.2 Å². The van der Waals surface area contributed by atoms with E-state index in [1.807, 2.05) is 30.3 Å². The zero-order valence-electron chi connectivity index (χ0n) is 15.7. The van der Waals surface area contributed by atoms with Crippen LogP contribution in [-0.2, 0) is 16.1 Å². The third-order valence-corrected chi connectivity index (χ3v) is 3.76. The molecule has 0 spiro atoms. The van der Waals surface area contributed by atoms with E-state index >= 15 is 0 Å². The summed E-state index contributed by atoms with van der Waals surface area (Å²) >= 11 is 0. The van der Waals surface area contributed by atoms with Gasteiger partial charge in [-0.15, -0.1) is 10.2 Å². The lowest BCUT2D eigenvalue weighted by Crippen LogP contribution is -2.20. The minimum atomic E-state index is -0.287. The average Bonchev–Trinajstić information content (AvgIpc) is 3.17. The molecule has 0 aliphatic heterocycles. The van der Waals surface area contributed by atoms with E-state index in [1.54, 1.807) is 32.4 Å². The fraction of sp³-hybridized carbons (Fsp3) is 0.263. The number of carbonyl (C=O) groups is 1. The van der Waals surface area contributed by atoms with E-state index in [2.05, 4.69) is 20.7 Å². The fourth-order valence-electron chi connectivity index (χ4n) is 2.44. The lowest BCUT2D eigenvalue weighted by molar-refractivity contribution is -0.117. The molecule has 1 aromatic heterocycles. The smallest absolute Gasteiger partial charge is 0.248 e. The highest BCUT2D eigenvalue weighted by molar-refractivity contribution is 5.90. The molecular formula is C19H21N5O4. The van der Waals surface area contributed by atoms with Crippen molar-refractivity contribution in [2.45, 2.75) is 6.54 Å². The molecule has 0 aliphatic carbocycles. The number of amides is 1. The van der Waals surface area contributed by atoms with Gasteiger partial charge in [-0.05, 0) is 17.3 Å². The Morgan fingerprint density at radius 2 is 1.89 bits per heavy atom. The first-order valence-corrected chi connectivity index (χ1v) is 8.62. The molecule has 1 N–H and O–H groups in total. The number of nitrogens with one attached hydrogen (secondary N) is 1. The topological polar surface area (TPSA) is 100 Å². The number of hydrogen-bond acceptors (Lipinski definition) is 7. The third-order valence-electron chi connectivity index (χ3n) is 3.76. The van der Waals surface area contributed by atoms with E-state index < -0.39 is 0 Å². The monoisotopic (exact) mass is 383 g/mol. The van der Waals surface area contributed by atoms with Gasteiger partial charge >= 0.3 is 0 Å². The molecule has 0 bridgehead atoms. The summed E-state index contributed by atoms with van der Waals surface area (Å²) in [6.45, 7) is 0.753. The molecule has 0 radical (unpaired) electrons. The van der Waals surface area contributed by atoms with Crippen LogP contribution in [0.2, 0.25) is 0 Å². The van der Waals surface area contributed by atoms with Crippen molar-refractivity contribution in [1.29, 1.82) is 0 Å². The highest BCUT2D eigenvalue weighted by atomic mass is 16.5. The number of benzene rings is 2. The average molecular weight is 383 g/mol. The number of methoxy groups -OCH3 is 2. The first-order chi connectivity index (χ1) is 13.7. The SMILES string of the molecule is COCCOc1cc(NC(=O)Cn2nnc(-c3ccccc3)n2)ccc1OC. The Morgan fingerprint density at radius 3 is 2.64 bits per heavy atom. The normalized spacial score (nSPS) is 10.5. The number of tetrazole rings is 1. The van der Waals surface area contributed by atoms with E-state index in [0.29, 0.717) is 36.2 Å².